The second-order valence-corrected chi connectivity index (χ2v) is 7.85. The van der Waals surface area contributed by atoms with Gasteiger partial charge in [0.15, 0.2) is 0 Å². The molecule has 2 aromatic rings. The number of hydrogen-bond donors (Lipinski definition) is 0. The van der Waals surface area contributed by atoms with Gasteiger partial charge in [-0.05, 0) is 57.2 Å². The fourth-order valence-electron chi connectivity index (χ4n) is 2.91. The summed E-state index contributed by atoms with van der Waals surface area (Å²) < 4.78 is 5.48. The average molecular weight is 401 g/mol. The van der Waals surface area contributed by atoms with Crippen LogP contribution in [0.2, 0.25) is 5.02 Å². The molecular formula is C21H21ClN2O4. The number of halogens is 1. The second kappa shape index (κ2) is 7.64. The van der Waals surface area contributed by atoms with Crippen molar-refractivity contribution in [1.82, 2.24) is 4.90 Å². The third kappa shape index (κ3) is 4.17. The summed E-state index contributed by atoms with van der Waals surface area (Å²) in [7, 11) is 0. The minimum atomic E-state index is -0.683. The molecule has 7 heteroatoms. The maximum absolute atomic E-state index is 12.7. The topological polar surface area (TPSA) is 66.9 Å². The summed E-state index contributed by atoms with van der Waals surface area (Å²) in [5, 5.41) is 0.535. The van der Waals surface area contributed by atoms with E-state index >= 15 is 0 Å². The van der Waals surface area contributed by atoms with Crippen molar-refractivity contribution in [2.45, 2.75) is 26.4 Å². The van der Waals surface area contributed by atoms with E-state index in [2.05, 4.69) is 0 Å². The van der Waals surface area contributed by atoms with Crippen molar-refractivity contribution < 1.29 is 19.1 Å². The van der Waals surface area contributed by atoms with Crippen LogP contribution in [-0.2, 0) is 4.74 Å². The molecule has 0 saturated heterocycles. The molecule has 0 aliphatic carbocycles. The molecule has 1 heterocycles. The van der Waals surface area contributed by atoms with Gasteiger partial charge < -0.3 is 4.74 Å². The molecule has 2 aromatic carbocycles. The Kier molecular flexibility index (Phi) is 5.42. The molecular weight excluding hydrogens is 380 g/mol. The lowest BCUT2D eigenvalue weighted by Crippen LogP contribution is -2.43. The van der Waals surface area contributed by atoms with Crippen LogP contribution in [0.15, 0.2) is 48.5 Å². The van der Waals surface area contributed by atoms with Crippen molar-refractivity contribution in [3.05, 3.63) is 64.7 Å². The largest absolute Gasteiger partial charge is 0.443 e. The van der Waals surface area contributed by atoms with Gasteiger partial charge in [0.1, 0.15) is 5.60 Å². The number of hydrogen-bond acceptors (Lipinski definition) is 4. The third-order valence-corrected chi connectivity index (χ3v) is 4.43. The maximum Gasteiger partial charge on any atom is 0.414 e. The fraction of sp³-hybridized carbons (Fsp3) is 0.286. The van der Waals surface area contributed by atoms with Gasteiger partial charge in [-0.25, -0.2) is 4.79 Å². The van der Waals surface area contributed by atoms with Crippen molar-refractivity contribution >= 4 is 35.2 Å². The minimum Gasteiger partial charge on any atom is -0.443 e. The Morgan fingerprint density at radius 2 is 1.54 bits per heavy atom. The zero-order chi connectivity index (χ0) is 20.5. The molecule has 6 nitrogen and oxygen atoms in total. The van der Waals surface area contributed by atoms with Gasteiger partial charge in [-0.3, -0.25) is 19.4 Å². The van der Waals surface area contributed by atoms with Crippen LogP contribution in [0.3, 0.4) is 0 Å². The molecule has 0 fully saturated rings. The number of benzene rings is 2. The number of rotatable bonds is 4. The van der Waals surface area contributed by atoms with Crippen LogP contribution in [0.1, 0.15) is 41.5 Å². The highest BCUT2D eigenvalue weighted by Gasteiger charge is 2.35. The zero-order valence-corrected chi connectivity index (χ0v) is 16.7. The normalized spacial score (nSPS) is 13.5. The lowest BCUT2D eigenvalue weighted by atomic mass is 10.1. The summed E-state index contributed by atoms with van der Waals surface area (Å²) in [5.74, 6) is -0.721. The van der Waals surface area contributed by atoms with E-state index in [4.69, 9.17) is 16.3 Å². The van der Waals surface area contributed by atoms with Gasteiger partial charge in [0.05, 0.1) is 11.1 Å². The number of imide groups is 1. The molecule has 0 aromatic heterocycles. The Labute approximate surface area is 168 Å². The summed E-state index contributed by atoms with van der Waals surface area (Å²) >= 11 is 5.94. The molecule has 0 bridgehead atoms. The Morgan fingerprint density at radius 1 is 1.00 bits per heavy atom. The summed E-state index contributed by atoms with van der Waals surface area (Å²) in [4.78, 5) is 40.4. The van der Waals surface area contributed by atoms with E-state index in [0.717, 1.165) is 4.90 Å². The van der Waals surface area contributed by atoms with E-state index in [1.54, 1.807) is 69.3 Å². The van der Waals surface area contributed by atoms with Crippen LogP contribution in [0.5, 0.6) is 0 Å². The Morgan fingerprint density at radius 3 is 2.04 bits per heavy atom. The van der Waals surface area contributed by atoms with E-state index in [9.17, 15) is 14.4 Å². The van der Waals surface area contributed by atoms with Crippen LogP contribution < -0.4 is 4.90 Å². The first-order chi connectivity index (χ1) is 13.2. The summed E-state index contributed by atoms with van der Waals surface area (Å²) in [6.07, 6.45) is -0.563. The fourth-order valence-corrected chi connectivity index (χ4v) is 3.03. The summed E-state index contributed by atoms with van der Waals surface area (Å²) in [6, 6.07) is 13.4. The molecule has 0 N–H and O–H groups in total. The van der Waals surface area contributed by atoms with Crippen LogP contribution >= 0.6 is 11.6 Å². The van der Waals surface area contributed by atoms with Crippen molar-refractivity contribution in [2.75, 3.05) is 18.0 Å². The van der Waals surface area contributed by atoms with Crippen LogP contribution in [0, 0.1) is 0 Å². The van der Waals surface area contributed by atoms with Crippen LogP contribution in [0.25, 0.3) is 0 Å². The van der Waals surface area contributed by atoms with E-state index in [-0.39, 0.29) is 24.9 Å². The lowest BCUT2D eigenvalue weighted by molar-refractivity contribution is 0.0555. The van der Waals surface area contributed by atoms with Crippen LogP contribution in [-0.4, -0.2) is 41.5 Å². The van der Waals surface area contributed by atoms with Gasteiger partial charge in [0, 0.05) is 23.8 Å². The number of fused-ring (bicyclic) bond motifs is 1. The number of anilines is 1. The molecule has 28 heavy (non-hydrogen) atoms. The van der Waals surface area contributed by atoms with E-state index < -0.39 is 11.7 Å². The zero-order valence-electron chi connectivity index (χ0n) is 15.9. The van der Waals surface area contributed by atoms with E-state index in [1.165, 1.54) is 4.90 Å². The summed E-state index contributed by atoms with van der Waals surface area (Å²) in [5.41, 5.74) is 0.637. The quantitative estimate of drug-likeness (QED) is 0.714. The van der Waals surface area contributed by atoms with E-state index in [0.29, 0.717) is 21.8 Å². The van der Waals surface area contributed by atoms with Gasteiger partial charge in [0.25, 0.3) is 11.8 Å². The van der Waals surface area contributed by atoms with Crippen molar-refractivity contribution in [3.8, 4) is 0 Å². The van der Waals surface area contributed by atoms with Gasteiger partial charge in [-0.1, -0.05) is 23.7 Å². The molecule has 3 rings (SSSR count). The molecule has 1 aliphatic heterocycles. The summed E-state index contributed by atoms with van der Waals surface area (Å²) in [6.45, 7) is 5.47. The average Bonchev–Trinajstić information content (AvgIpc) is 2.87. The third-order valence-electron chi connectivity index (χ3n) is 4.18. The van der Waals surface area contributed by atoms with Crippen molar-refractivity contribution in [3.63, 3.8) is 0 Å². The second-order valence-electron chi connectivity index (χ2n) is 7.42. The van der Waals surface area contributed by atoms with Crippen molar-refractivity contribution in [2.24, 2.45) is 0 Å². The molecule has 0 spiro atoms. The van der Waals surface area contributed by atoms with Gasteiger partial charge in [-0.2, -0.15) is 0 Å². The Hall–Kier alpha value is -2.86. The predicted molar refractivity (Wildman–Crippen MR) is 107 cm³/mol. The van der Waals surface area contributed by atoms with Crippen molar-refractivity contribution in [1.29, 1.82) is 0 Å². The first-order valence-electron chi connectivity index (χ1n) is 8.89. The van der Waals surface area contributed by atoms with Gasteiger partial charge >= 0.3 is 6.09 Å². The highest BCUT2D eigenvalue weighted by molar-refractivity contribution is 6.30. The number of carbonyl (C=O) groups is 3. The number of nitrogens with zero attached hydrogens (tertiary/aromatic N) is 2. The standard InChI is InChI=1S/C21H21ClN2O4/c1-21(2,3)28-20(27)23(15-10-8-14(22)9-11-15)12-13-24-18(25)16-6-4-5-7-17(16)19(24)26/h4-11H,12-13H2,1-3H3. The molecule has 1 aliphatic rings. The number of ether oxygens (including phenoxy) is 1. The highest BCUT2D eigenvalue weighted by Crippen LogP contribution is 2.24. The molecule has 3 amide bonds. The molecule has 0 saturated carbocycles. The molecule has 0 radical (unpaired) electrons. The highest BCUT2D eigenvalue weighted by atomic mass is 35.5. The lowest BCUT2D eigenvalue weighted by Gasteiger charge is -2.28. The Bertz CT molecular complexity index is 884. The van der Waals surface area contributed by atoms with Gasteiger partial charge in [-0.15, -0.1) is 0 Å². The molecule has 146 valence electrons. The Balaban J connectivity index is 1.80. The first kappa shape index (κ1) is 19.9. The monoisotopic (exact) mass is 400 g/mol. The molecule has 0 unspecified atom stereocenters. The predicted octanol–water partition coefficient (Wildman–Crippen LogP) is 4.38. The SMILES string of the molecule is CC(C)(C)OC(=O)N(CCN1C(=O)c2ccccc2C1=O)c1ccc(Cl)cc1. The molecule has 0 atom stereocenters. The minimum absolute atomic E-state index is 0.0498. The van der Waals surface area contributed by atoms with E-state index in [1.807, 2.05) is 0 Å². The smallest absolute Gasteiger partial charge is 0.414 e. The van der Waals surface area contributed by atoms with Gasteiger partial charge in [0.2, 0.25) is 0 Å². The van der Waals surface area contributed by atoms with Crippen LogP contribution in [0.4, 0.5) is 10.5 Å². The first-order valence-corrected chi connectivity index (χ1v) is 9.26. The maximum atomic E-state index is 12.7. The number of carbonyl (C=O) groups excluding carboxylic acids is 3. The number of amides is 3.